The lowest BCUT2D eigenvalue weighted by Crippen LogP contribution is -2.36. The Labute approximate surface area is 169 Å². The first-order valence-electron chi connectivity index (χ1n) is 9.92. The molecule has 154 valence electrons. The average Bonchev–Trinajstić information content (AvgIpc) is 3.35. The van der Waals surface area contributed by atoms with Crippen molar-refractivity contribution < 1.29 is 8.42 Å². The van der Waals surface area contributed by atoms with Gasteiger partial charge in [0.05, 0.1) is 30.1 Å². The van der Waals surface area contributed by atoms with Crippen LogP contribution >= 0.6 is 0 Å². The highest BCUT2D eigenvalue weighted by Gasteiger charge is 2.26. The molecular formula is C19H25N7O2S. The molecule has 4 rings (SSSR count). The maximum Gasteiger partial charge on any atom is 0.211 e. The molecule has 0 atom stereocenters. The number of nitrogens with one attached hydrogen (secondary N) is 2. The Morgan fingerprint density at radius 1 is 1.38 bits per heavy atom. The van der Waals surface area contributed by atoms with Gasteiger partial charge in [-0.25, -0.2) is 23.1 Å². The summed E-state index contributed by atoms with van der Waals surface area (Å²) in [6, 6.07) is 4.42. The maximum absolute atomic E-state index is 12.0. The van der Waals surface area contributed by atoms with Gasteiger partial charge >= 0.3 is 0 Å². The normalized spacial score (nSPS) is 16.6. The molecule has 4 heterocycles. The van der Waals surface area contributed by atoms with Crippen molar-refractivity contribution in [1.82, 2.24) is 29.1 Å². The van der Waals surface area contributed by atoms with E-state index in [0.29, 0.717) is 12.2 Å². The third-order valence-electron chi connectivity index (χ3n) is 5.60. The smallest absolute Gasteiger partial charge is 0.211 e. The molecule has 1 aliphatic heterocycles. The monoisotopic (exact) mass is 415 g/mol. The summed E-state index contributed by atoms with van der Waals surface area (Å²) in [6.45, 7) is 4.39. The minimum absolute atomic E-state index is 0.0358. The first kappa shape index (κ1) is 19.8. The van der Waals surface area contributed by atoms with E-state index in [0.717, 1.165) is 54.5 Å². The highest BCUT2D eigenvalue weighted by atomic mass is 32.2. The number of aromatic amines is 1. The van der Waals surface area contributed by atoms with Crippen LogP contribution in [-0.4, -0.2) is 58.2 Å². The van der Waals surface area contributed by atoms with Gasteiger partial charge in [0.2, 0.25) is 10.0 Å². The molecule has 0 saturated carbocycles. The zero-order valence-corrected chi connectivity index (χ0v) is 17.2. The number of rotatable bonds is 7. The lowest BCUT2D eigenvalue weighted by atomic mass is 10.0. The van der Waals surface area contributed by atoms with Gasteiger partial charge in [-0.3, -0.25) is 0 Å². The molecule has 0 aromatic carbocycles. The summed E-state index contributed by atoms with van der Waals surface area (Å²) in [4.78, 5) is 14.6. The maximum atomic E-state index is 12.0. The number of nitrogens with zero attached hydrogens (tertiary/aromatic N) is 5. The van der Waals surface area contributed by atoms with Crippen molar-refractivity contribution >= 4 is 32.1 Å². The minimum Gasteiger partial charge on any atom is -0.346 e. The second kappa shape index (κ2) is 8.10. The van der Waals surface area contributed by atoms with E-state index in [4.69, 9.17) is 10.2 Å². The first-order valence-corrected chi connectivity index (χ1v) is 11.6. The van der Waals surface area contributed by atoms with Gasteiger partial charge in [-0.05, 0) is 25.8 Å². The van der Waals surface area contributed by atoms with Gasteiger partial charge in [-0.15, -0.1) is 0 Å². The molecule has 9 nitrogen and oxygen atoms in total. The van der Waals surface area contributed by atoms with Crippen molar-refractivity contribution in [2.24, 2.45) is 0 Å². The van der Waals surface area contributed by atoms with Crippen molar-refractivity contribution in [3.63, 3.8) is 0 Å². The number of hydrogen-bond acceptors (Lipinski definition) is 6. The van der Waals surface area contributed by atoms with E-state index in [1.54, 1.807) is 13.1 Å². The molecule has 0 spiro atoms. The summed E-state index contributed by atoms with van der Waals surface area (Å²) in [5.41, 5.74) is 2.57. The van der Waals surface area contributed by atoms with Crippen LogP contribution < -0.4 is 4.72 Å². The van der Waals surface area contributed by atoms with E-state index in [-0.39, 0.29) is 18.3 Å². The van der Waals surface area contributed by atoms with Crippen LogP contribution in [0.4, 0.5) is 0 Å². The van der Waals surface area contributed by atoms with Crippen LogP contribution in [0.1, 0.15) is 38.1 Å². The lowest BCUT2D eigenvalue weighted by Gasteiger charge is -2.33. The van der Waals surface area contributed by atoms with E-state index in [2.05, 4.69) is 30.2 Å². The average molecular weight is 416 g/mol. The summed E-state index contributed by atoms with van der Waals surface area (Å²) in [5, 5.41) is 9.82. The fraction of sp³-hybridized carbons (Fsp3) is 0.526. The van der Waals surface area contributed by atoms with Crippen LogP contribution in [0.2, 0.25) is 0 Å². The molecular weight excluding hydrogens is 390 g/mol. The minimum atomic E-state index is -3.32. The molecule has 1 fully saturated rings. The highest BCUT2D eigenvalue weighted by molar-refractivity contribution is 7.89. The third kappa shape index (κ3) is 3.99. The summed E-state index contributed by atoms with van der Waals surface area (Å²) in [5.74, 6) is 0.747. The zero-order chi connectivity index (χ0) is 20.4. The number of pyridine rings is 1. The Balaban J connectivity index is 1.71. The Morgan fingerprint density at radius 2 is 2.17 bits per heavy atom. The third-order valence-corrected chi connectivity index (χ3v) is 6.94. The molecule has 29 heavy (non-hydrogen) atoms. The van der Waals surface area contributed by atoms with E-state index in [9.17, 15) is 8.42 Å². The lowest BCUT2D eigenvalue weighted by molar-refractivity contribution is 0.190. The molecule has 2 N–H and O–H groups in total. The Morgan fingerprint density at radius 3 is 2.90 bits per heavy atom. The van der Waals surface area contributed by atoms with Crippen LogP contribution in [0.15, 0.2) is 18.5 Å². The Hall–Kier alpha value is -2.48. The zero-order valence-electron chi connectivity index (χ0n) is 16.4. The second-order valence-electron chi connectivity index (χ2n) is 7.34. The summed E-state index contributed by atoms with van der Waals surface area (Å²) in [7, 11) is -3.32. The van der Waals surface area contributed by atoms with Crippen LogP contribution in [0.25, 0.3) is 22.1 Å². The van der Waals surface area contributed by atoms with E-state index in [1.807, 2.05) is 12.3 Å². The van der Waals surface area contributed by atoms with E-state index >= 15 is 0 Å². The van der Waals surface area contributed by atoms with E-state index < -0.39 is 10.0 Å². The topological polar surface area (TPSA) is 120 Å². The molecule has 0 unspecified atom stereocenters. The van der Waals surface area contributed by atoms with Gasteiger partial charge in [0.25, 0.3) is 0 Å². The van der Waals surface area contributed by atoms with Crippen LogP contribution in [-0.2, 0) is 16.6 Å². The number of imidazole rings is 1. The molecule has 3 aromatic rings. The summed E-state index contributed by atoms with van der Waals surface area (Å²) >= 11 is 0. The number of likely N-dealkylation sites (tertiary alicyclic amines) is 1. The van der Waals surface area contributed by atoms with Crippen molar-refractivity contribution in [1.29, 1.82) is 5.26 Å². The molecule has 0 amide bonds. The quantitative estimate of drug-likeness (QED) is 0.608. The fourth-order valence-corrected chi connectivity index (χ4v) is 4.60. The summed E-state index contributed by atoms with van der Waals surface area (Å²) in [6.07, 6.45) is 6.00. The van der Waals surface area contributed by atoms with Crippen molar-refractivity contribution in [2.45, 2.75) is 38.8 Å². The van der Waals surface area contributed by atoms with Gasteiger partial charge in [-0.1, -0.05) is 0 Å². The predicted octanol–water partition coefficient (Wildman–Crippen LogP) is 1.90. The summed E-state index contributed by atoms with van der Waals surface area (Å²) < 4.78 is 28.8. The number of hydrogen-bond donors (Lipinski definition) is 2. The second-order valence-corrected chi connectivity index (χ2v) is 9.43. The largest absolute Gasteiger partial charge is 0.346 e. The number of piperidine rings is 1. The van der Waals surface area contributed by atoms with Gasteiger partial charge < -0.3 is 14.5 Å². The van der Waals surface area contributed by atoms with Gasteiger partial charge in [0.15, 0.2) is 0 Å². The first-order chi connectivity index (χ1) is 14.0. The van der Waals surface area contributed by atoms with Crippen molar-refractivity contribution in [2.75, 3.05) is 25.4 Å². The van der Waals surface area contributed by atoms with E-state index in [1.165, 1.54) is 0 Å². The SMILES string of the molecule is CCS(=O)(=O)NCc1nc2cnc3[nH]ccc3c2n1C1CCN(CCC#N)CC1. The van der Waals surface area contributed by atoms with Crippen LogP contribution in [0.3, 0.4) is 0 Å². The number of sulfonamides is 1. The molecule has 1 saturated heterocycles. The van der Waals surface area contributed by atoms with Crippen LogP contribution in [0.5, 0.6) is 0 Å². The number of nitriles is 1. The predicted molar refractivity (Wildman–Crippen MR) is 111 cm³/mol. The standard InChI is InChI=1S/C19H25N7O2S/c1-2-29(27,28)23-13-17-24-16-12-22-19-15(4-8-21-19)18(16)26(17)14-5-10-25(11-6-14)9-3-7-20/h4,8,12,14,23H,2-3,5-6,9-11,13H2,1H3,(H,21,22). The fourth-order valence-electron chi connectivity index (χ4n) is 4.04. The van der Waals surface area contributed by atoms with Gasteiger partial charge in [0.1, 0.15) is 17.0 Å². The molecule has 0 radical (unpaired) electrons. The Bertz CT molecular complexity index is 1150. The Kier molecular flexibility index (Phi) is 5.54. The van der Waals surface area contributed by atoms with Crippen LogP contribution in [0, 0.1) is 11.3 Å². The number of aromatic nitrogens is 4. The molecule has 0 bridgehead atoms. The van der Waals surface area contributed by atoms with Crippen molar-refractivity contribution in [3.8, 4) is 6.07 Å². The van der Waals surface area contributed by atoms with Crippen molar-refractivity contribution in [3.05, 3.63) is 24.3 Å². The molecule has 0 aliphatic carbocycles. The number of fused-ring (bicyclic) bond motifs is 3. The van der Waals surface area contributed by atoms with Gasteiger partial charge in [0, 0.05) is 43.7 Å². The van der Waals surface area contributed by atoms with Gasteiger partial charge in [-0.2, -0.15) is 5.26 Å². The molecule has 1 aliphatic rings. The highest BCUT2D eigenvalue weighted by Crippen LogP contribution is 2.32. The molecule has 10 heteroatoms. The number of H-pyrrole nitrogens is 1. The molecule has 3 aromatic heterocycles.